The number of nitrogens with one attached hydrogen (secondary N) is 3. The molecule has 3 rings (SSSR count). The van der Waals surface area contributed by atoms with Crippen LogP contribution in [0, 0.1) is 5.92 Å². The van der Waals surface area contributed by atoms with Crippen LogP contribution in [0.2, 0.25) is 0 Å². The Morgan fingerprint density at radius 2 is 1.56 bits per heavy atom. The second kappa shape index (κ2) is 9.63. The highest BCUT2D eigenvalue weighted by molar-refractivity contribution is 5.94. The van der Waals surface area contributed by atoms with Gasteiger partial charge in [-0.15, -0.1) is 12.4 Å². The van der Waals surface area contributed by atoms with Gasteiger partial charge in [-0.3, -0.25) is 4.79 Å². The van der Waals surface area contributed by atoms with Crippen LogP contribution in [0.25, 0.3) is 0 Å². The highest BCUT2D eigenvalue weighted by atomic mass is 35.5. The third kappa shape index (κ3) is 5.61. The molecule has 25 heavy (non-hydrogen) atoms. The molecule has 138 valence electrons. The van der Waals surface area contributed by atoms with Crippen LogP contribution in [0.1, 0.15) is 32.1 Å². The van der Waals surface area contributed by atoms with Gasteiger partial charge in [-0.1, -0.05) is 12.8 Å². The molecule has 1 aromatic carbocycles. The summed E-state index contributed by atoms with van der Waals surface area (Å²) in [5, 5.41) is 9.07. The van der Waals surface area contributed by atoms with Crippen molar-refractivity contribution in [1.82, 2.24) is 10.2 Å². The third-order valence-electron chi connectivity index (χ3n) is 4.73. The lowest BCUT2D eigenvalue weighted by molar-refractivity contribution is -0.119. The third-order valence-corrected chi connectivity index (χ3v) is 4.73. The number of halogens is 1. The van der Waals surface area contributed by atoms with Crippen LogP contribution in [0.15, 0.2) is 24.3 Å². The molecule has 2 aliphatic rings. The van der Waals surface area contributed by atoms with E-state index in [0.29, 0.717) is 0 Å². The lowest BCUT2D eigenvalue weighted by Gasteiger charge is -2.20. The molecule has 3 N–H and O–H groups in total. The molecule has 7 heteroatoms. The minimum absolute atomic E-state index is 0. The first kappa shape index (κ1) is 19.5. The first-order valence-electron chi connectivity index (χ1n) is 8.90. The van der Waals surface area contributed by atoms with Gasteiger partial charge in [0.1, 0.15) is 0 Å². The molecule has 0 saturated carbocycles. The summed E-state index contributed by atoms with van der Waals surface area (Å²) in [5.74, 6) is 0.105. The minimum Gasteiger partial charge on any atom is -0.326 e. The zero-order valence-electron chi connectivity index (χ0n) is 14.4. The summed E-state index contributed by atoms with van der Waals surface area (Å²) >= 11 is 0. The SMILES string of the molecule is Cl.O=C(Nc1ccc(NC(=O)N2CCCCCC2)cc1)C1CCNC1. The van der Waals surface area contributed by atoms with E-state index in [1.807, 2.05) is 29.2 Å². The molecule has 0 radical (unpaired) electrons. The van der Waals surface area contributed by atoms with Crippen LogP contribution in [0.3, 0.4) is 0 Å². The van der Waals surface area contributed by atoms with Gasteiger partial charge in [-0.25, -0.2) is 4.79 Å². The van der Waals surface area contributed by atoms with Crippen LogP contribution in [0.4, 0.5) is 16.2 Å². The van der Waals surface area contributed by atoms with Crippen molar-refractivity contribution in [2.45, 2.75) is 32.1 Å². The van der Waals surface area contributed by atoms with Gasteiger partial charge >= 0.3 is 6.03 Å². The number of anilines is 2. The molecule has 0 spiro atoms. The number of benzene rings is 1. The Labute approximate surface area is 155 Å². The molecule has 0 bridgehead atoms. The highest BCUT2D eigenvalue weighted by Crippen LogP contribution is 2.17. The molecule has 2 aliphatic heterocycles. The number of nitrogens with zero attached hydrogens (tertiary/aromatic N) is 1. The van der Waals surface area contributed by atoms with E-state index in [-0.39, 0.29) is 30.3 Å². The summed E-state index contributed by atoms with van der Waals surface area (Å²) in [6, 6.07) is 7.29. The molecule has 2 fully saturated rings. The normalized spacial score (nSPS) is 20.3. The molecule has 6 nitrogen and oxygen atoms in total. The molecule has 1 unspecified atom stereocenters. The van der Waals surface area contributed by atoms with E-state index in [2.05, 4.69) is 16.0 Å². The Kier molecular flexibility index (Phi) is 7.52. The van der Waals surface area contributed by atoms with Crippen LogP contribution in [-0.2, 0) is 4.79 Å². The Bertz CT molecular complexity index is 565. The number of carbonyl (C=O) groups excluding carboxylic acids is 2. The number of carbonyl (C=O) groups is 2. The number of urea groups is 1. The highest BCUT2D eigenvalue weighted by Gasteiger charge is 2.22. The standard InChI is InChI=1S/C18H26N4O2.ClH/c23-17(14-9-10-19-13-14)20-15-5-7-16(8-6-15)21-18(24)22-11-3-1-2-4-12-22;/h5-8,14,19H,1-4,9-13H2,(H,20,23)(H,21,24);1H. The fourth-order valence-electron chi connectivity index (χ4n) is 3.24. The van der Waals surface area contributed by atoms with Crippen molar-refractivity contribution < 1.29 is 9.59 Å². The molecular weight excluding hydrogens is 340 g/mol. The number of hydrogen-bond acceptors (Lipinski definition) is 3. The van der Waals surface area contributed by atoms with Gasteiger partial charge in [-0.2, -0.15) is 0 Å². The average Bonchev–Trinajstić information content (AvgIpc) is 2.99. The van der Waals surface area contributed by atoms with Crippen molar-refractivity contribution in [2.75, 3.05) is 36.8 Å². The van der Waals surface area contributed by atoms with Gasteiger partial charge in [0.15, 0.2) is 0 Å². The van der Waals surface area contributed by atoms with E-state index in [4.69, 9.17) is 0 Å². The maximum Gasteiger partial charge on any atom is 0.321 e. The van der Waals surface area contributed by atoms with Gasteiger partial charge in [0.2, 0.25) is 5.91 Å². The monoisotopic (exact) mass is 366 g/mol. The van der Waals surface area contributed by atoms with Crippen LogP contribution in [-0.4, -0.2) is 43.0 Å². The predicted molar refractivity (Wildman–Crippen MR) is 102 cm³/mol. The first-order valence-corrected chi connectivity index (χ1v) is 8.90. The van der Waals surface area contributed by atoms with Crippen molar-refractivity contribution >= 4 is 35.7 Å². The number of likely N-dealkylation sites (tertiary alicyclic amines) is 1. The van der Waals surface area contributed by atoms with E-state index in [0.717, 1.165) is 56.8 Å². The maximum absolute atomic E-state index is 12.3. The first-order chi connectivity index (χ1) is 11.7. The van der Waals surface area contributed by atoms with E-state index >= 15 is 0 Å². The van der Waals surface area contributed by atoms with Gasteiger partial charge in [-0.05, 0) is 50.1 Å². The number of rotatable bonds is 3. The molecule has 1 atom stereocenters. The van der Waals surface area contributed by atoms with Crippen molar-refractivity contribution in [3.63, 3.8) is 0 Å². The summed E-state index contributed by atoms with van der Waals surface area (Å²) in [6.07, 6.45) is 5.45. The summed E-state index contributed by atoms with van der Waals surface area (Å²) in [4.78, 5) is 26.3. The van der Waals surface area contributed by atoms with Crippen LogP contribution < -0.4 is 16.0 Å². The number of amides is 3. The van der Waals surface area contributed by atoms with E-state index in [1.165, 1.54) is 12.8 Å². The van der Waals surface area contributed by atoms with Crippen molar-refractivity contribution in [2.24, 2.45) is 5.92 Å². The van der Waals surface area contributed by atoms with E-state index in [9.17, 15) is 9.59 Å². The van der Waals surface area contributed by atoms with Gasteiger partial charge < -0.3 is 20.9 Å². The van der Waals surface area contributed by atoms with Crippen molar-refractivity contribution in [3.8, 4) is 0 Å². The largest absolute Gasteiger partial charge is 0.326 e. The smallest absolute Gasteiger partial charge is 0.321 e. The zero-order valence-corrected chi connectivity index (χ0v) is 15.2. The molecule has 2 saturated heterocycles. The predicted octanol–water partition coefficient (Wildman–Crippen LogP) is 3.06. The zero-order chi connectivity index (χ0) is 16.8. The van der Waals surface area contributed by atoms with Crippen LogP contribution >= 0.6 is 12.4 Å². The van der Waals surface area contributed by atoms with E-state index < -0.39 is 0 Å². The quantitative estimate of drug-likeness (QED) is 0.769. The van der Waals surface area contributed by atoms with E-state index in [1.54, 1.807) is 0 Å². The van der Waals surface area contributed by atoms with Gasteiger partial charge in [0.05, 0.1) is 5.92 Å². The fourth-order valence-corrected chi connectivity index (χ4v) is 3.24. The maximum atomic E-state index is 12.3. The average molecular weight is 367 g/mol. The second-order valence-electron chi connectivity index (χ2n) is 6.59. The molecule has 3 amide bonds. The van der Waals surface area contributed by atoms with Crippen LogP contribution in [0.5, 0.6) is 0 Å². The lowest BCUT2D eigenvalue weighted by atomic mass is 10.1. The Morgan fingerprint density at radius 1 is 0.960 bits per heavy atom. The molecular formula is C18H27ClN4O2. The topological polar surface area (TPSA) is 73.5 Å². The summed E-state index contributed by atoms with van der Waals surface area (Å²) in [6.45, 7) is 3.31. The van der Waals surface area contributed by atoms with Crippen molar-refractivity contribution in [1.29, 1.82) is 0 Å². The Morgan fingerprint density at radius 3 is 2.12 bits per heavy atom. The Hall–Kier alpha value is -1.79. The number of hydrogen-bond donors (Lipinski definition) is 3. The van der Waals surface area contributed by atoms with Crippen molar-refractivity contribution in [3.05, 3.63) is 24.3 Å². The van der Waals surface area contributed by atoms with Gasteiger partial charge in [0, 0.05) is 31.0 Å². The fraction of sp³-hybridized carbons (Fsp3) is 0.556. The summed E-state index contributed by atoms with van der Waals surface area (Å²) in [7, 11) is 0. The molecule has 0 aliphatic carbocycles. The Balaban J connectivity index is 0.00000225. The summed E-state index contributed by atoms with van der Waals surface area (Å²) < 4.78 is 0. The summed E-state index contributed by atoms with van der Waals surface area (Å²) in [5.41, 5.74) is 1.52. The lowest BCUT2D eigenvalue weighted by Crippen LogP contribution is -2.35. The van der Waals surface area contributed by atoms with Gasteiger partial charge in [0.25, 0.3) is 0 Å². The molecule has 1 aromatic rings. The minimum atomic E-state index is -0.0364. The molecule has 2 heterocycles. The molecule has 0 aromatic heterocycles. The second-order valence-corrected chi connectivity index (χ2v) is 6.59.